The molecule has 2 atom stereocenters. The first-order valence-electron chi connectivity index (χ1n) is 9.24. The van der Waals surface area contributed by atoms with Crippen LogP contribution in [0.5, 0.6) is 0 Å². The van der Waals surface area contributed by atoms with Crippen molar-refractivity contribution in [1.82, 2.24) is 10.2 Å². The first-order valence-corrected chi connectivity index (χ1v) is 9.24. The van der Waals surface area contributed by atoms with E-state index in [9.17, 15) is 19.5 Å². The third kappa shape index (κ3) is 4.45. The van der Waals surface area contributed by atoms with Crippen LogP contribution in [0.1, 0.15) is 18.9 Å². The summed E-state index contributed by atoms with van der Waals surface area (Å²) in [5, 5.41) is 14.4. The van der Waals surface area contributed by atoms with Crippen LogP contribution in [-0.4, -0.2) is 47.4 Å². The Morgan fingerprint density at radius 1 is 1.22 bits per heavy atom. The van der Waals surface area contributed by atoms with E-state index in [2.05, 4.69) is 5.32 Å². The lowest BCUT2D eigenvalue weighted by Gasteiger charge is -2.16. The van der Waals surface area contributed by atoms with Gasteiger partial charge in [-0.3, -0.25) is 14.4 Å². The molecule has 6 heteroatoms. The van der Waals surface area contributed by atoms with Crippen molar-refractivity contribution in [2.24, 2.45) is 11.8 Å². The Labute approximate surface area is 158 Å². The quantitative estimate of drug-likeness (QED) is 0.783. The SMILES string of the molecule is CCN1CC(C(=O)NCC(Cc2ccc3ccccc3c2)C(=O)O)CC1=O. The summed E-state index contributed by atoms with van der Waals surface area (Å²) in [7, 11) is 0. The van der Waals surface area contributed by atoms with Gasteiger partial charge >= 0.3 is 5.97 Å². The van der Waals surface area contributed by atoms with Crippen LogP contribution < -0.4 is 5.32 Å². The van der Waals surface area contributed by atoms with Gasteiger partial charge in [0.25, 0.3) is 0 Å². The Hall–Kier alpha value is -2.89. The summed E-state index contributed by atoms with van der Waals surface area (Å²) in [6.07, 6.45) is 0.535. The molecule has 0 radical (unpaired) electrons. The van der Waals surface area contributed by atoms with Crippen LogP contribution in [0.15, 0.2) is 42.5 Å². The van der Waals surface area contributed by atoms with Crippen molar-refractivity contribution >= 4 is 28.6 Å². The molecule has 0 spiro atoms. The second kappa shape index (κ2) is 8.20. The summed E-state index contributed by atoms with van der Waals surface area (Å²) in [6, 6.07) is 13.8. The van der Waals surface area contributed by atoms with Crippen LogP contribution in [0.2, 0.25) is 0 Å². The molecule has 2 aromatic rings. The molecule has 0 aliphatic carbocycles. The topological polar surface area (TPSA) is 86.7 Å². The molecule has 1 saturated heterocycles. The van der Waals surface area contributed by atoms with Crippen molar-refractivity contribution in [3.05, 3.63) is 48.0 Å². The molecule has 0 saturated carbocycles. The maximum absolute atomic E-state index is 12.3. The minimum absolute atomic E-state index is 0.0244. The van der Waals surface area contributed by atoms with Gasteiger partial charge in [-0.15, -0.1) is 0 Å². The highest BCUT2D eigenvalue weighted by atomic mass is 16.4. The zero-order chi connectivity index (χ0) is 19.4. The number of hydrogen-bond acceptors (Lipinski definition) is 3. The third-order valence-corrected chi connectivity index (χ3v) is 5.13. The molecular formula is C21H24N2O4. The highest BCUT2D eigenvalue weighted by Crippen LogP contribution is 2.19. The summed E-state index contributed by atoms with van der Waals surface area (Å²) in [4.78, 5) is 37.4. The molecule has 0 bridgehead atoms. The monoisotopic (exact) mass is 368 g/mol. The van der Waals surface area contributed by atoms with E-state index < -0.39 is 17.8 Å². The van der Waals surface area contributed by atoms with Gasteiger partial charge in [0, 0.05) is 26.1 Å². The zero-order valence-corrected chi connectivity index (χ0v) is 15.4. The van der Waals surface area contributed by atoms with Gasteiger partial charge in [0.15, 0.2) is 0 Å². The van der Waals surface area contributed by atoms with E-state index in [0.717, 1.165) is 16.3 Å². The number of benzene rings is 2. The summed E-state index contributed by atoms with van der Waals surface area (Å²) in [5.74, 6) is -2.32. The van der Waals surface area contributed by atoms with E-state index in [0.29, 0.717) is 19.5 Å². The Morgan fingerprint density at radius 3 is 2.63 bits per heavy atom. The number of nitrogens with one attached hydrogen (secondary N) is 1. The van der Waals surface area contributed by atoms with Crippen molar-refractivity contribution < 1.29 is 19.5 Å². The van der Waals surface area contributed by atoms with Crippen molar-refractivity contribution in [2.75, 3.05) is 19.6 Å². The smallest absolute Gasteiger partial charge is 0.308 e. The predicted molar refractivity (Wildman–Crippen MR) is 102 cm³/mol. The lowest BCUT2D eigenvalue weighted by Crippen LogP contribution is -2.38. The minimum atomic E-state index is -0.943. The largest absolute Gasteiger partial charge is 0.481 e. The van der Waals surface area contributed by atoms with Crippen LogP contribution in [0.4, 0.5) is 0 Å². The molecule has 2 unspecified atom stereocenters. The normalized spacial score (nSPS) is 17.9. The summed E-state index contributed by atoms with van der Waals surface area (Å²) in [6.45, 7) is 2.92. The van der Waals surface area contributed by atoms with Gasteiger partial charge in [-0.2, -0.15) is 0 Å². The molecule has 3 rings (SSSR count). The number of nitrogens with zero attached hydrogens (tertiary/aromatic N) is 1. The molecule has 2 amide bonds. The average Bonchev–Trinajstić information content (AvgIpc) is 3.05. The fourth-order valence-electron chi connectivity index (χ4n) is 3.52. The van der Waals surface area contributed by atoms with E-state index in [1.807, 2.05) is 49.4 Å². The highest BCUT2D eigenvalue weighted by Gasteiger charge is 2.33. The number of aliphatic carboxylic acids is 1. The lowest BCUT2D eigenvalue weighted by atomic mass is 9.96. The molecule has 2 aromatic carbocycles. The Kier molecular flexibility index (Phi) is 5.74. The molecule has 142 valence electrons. The molecule has 27 heavy (non-hydrogen) atoms. The standard InChI is InChI=1S/C21H24N2O4/c1-2-23-13-18(11-19(23)24)20(25)22-12-17(21(26)27)10-14-7-8-15-5-3-4-6-16(15)9-14/h3-9,17-18H,2,10-13H2,1H3,(H,22,25)(H,26,27). The van der Waals surface area contributed by atoms with Crippen molar-refractivity contribution in [3.63, 3.8) is 0 Å². The number of amides is 2. The van der Waals surface area contributed by atoms with Gasteiger partial charge in [-0.25, -0.2) is 0 Å². The zero-order valence-electron chi connectivity index (χ0n) is 15.4. The van der Waals surface area contributed by atoms with Crippen molar-refractivity contribution in [2.45, 2.75) is 19.8 Å². The van der Waals surface area contributed by atoms with Crippen molar-refractivity contribution in [1.29, 1.82) is 0 Å². The molecule has 6 nitrogen and oxygen atoms in total. The van der Waals surface area contributed by atoms with Gasteiger partial charge in [-0.05, 0) is 29.7 Å². The Bertz CT molecular complexity index is 864. The Balaban J connectivity index is 1.61. The van der Waals surface area contributed by atoms with Crippen LogP contribution in [0, 0.1) is 11.8 Å². The van der Waals surface area contributed by atoms with Crippen molar-refractivity contribution in [3.8, 4) is 0 Å². The lowest BCUT2D eigenvalue weighted by molar-refractivity contribution is -0.141. The van der Waals surface area contributed by atoms with Crippen LogP contribution in [0.3, 0.4) is 0 Å². The second-order valence-electron chi connectivity index (χ2n) is 7.00. The highest BCUT2D eigenvalue weighted by molar-refractivity contribution is 5.89. The number of carboxylic acids is 1. The van der Waals surface area contributed by atoms with Crippen LogP contribution >= 0.6 is 0 Å². The van der Waals surface area contributed by atoms with Gasteiger partial charge < -0.3 is 15.3 Å². The van der Waals surface area contributed by atoms with E-state index in [4.69, 9.17) is 0 Å². The summed E-state index contributed by atoms with van der Waals surface area (Å²) in [5.41, 5.74) is 0.920. The van der Waals surface area contributed by atoms with Gasteiger partial charge in [0.1, 0.15) is 0 Å². The third-order valence-electron chi connectivity index (χ3n) is 5.13. The number of rotatable bonds is 7. The first-order chi connectivity index (χ1) is 13.0. The van der Waals surface area contributed by atoms with Gasteiger partial charge in [-0.1, -0.05) is 42.5 Å². The van der Waals surface area contributed by atoms with Gasteiger partial charge in [0.2, 0.25) is 11.8 Å². The number of carbonyl (C=O) groups excluding carboxylic acids is 2. The molecule has 1 aliphatic heterocycles. The average molecular weight is 368 g/mol. The first kappa shape index (κ1) is 18.9. The summed E-state index contributed by atoms with van der Waals surface area (Å²) < 4.78 is 0. The number of fused-ring (bicyclic) bond motifs is 1. The molecule has 2 N–H and O–H groups in total. The maximum Gasteiger partial charge on any atom is 0.308 e. The Morgan fingerprint density at radius 2 is 1.96 bits per heavy atom. The van der Waals surface area contributed by atoms with Crippen LogP contribution in [-0.2, 0) is 20.8 Å². The van der Waals surface area contributed by atoms with E-state index in [1.165, 1.54) is 0 Å². The minimum Gasteiger partial charge on any atom is -0.481 e. The second-order valence-corrected chi connectivity index (χ2v) is 7.00. The molecule has 1 heterocycles. The van der Waals surface area contributed by atoms with Gasteiger partial charge in [0.05, 0.1) is 11.8 Å². The number of hydrogen-bond donors (Lipinski definition) is 2. The number of carboxylic acid groups (broad SMARTS) is 1. The maximum atomic E-state index is 12.3. The molecule has 1 fully saturated rings. The molecule has 0 aromatic heterocycles. The fraction of sp³-hybridized carbons (Fsp3) is 0.381. The number of likely N-dealkylation sites (tertiary alicyclic amines) is 1. The van der Waals surface area contributed by atoms with Crippen LogP contribution in [0.25, 0.3) is 10.8 Å². The molecule has 1 aliphatic rings. The van der Waals surface area contributed by atoms with E-state index >= 15 is 0 Å². The molecular weight excluding hydrogens is 344 g/mol. The predicted octanol–water partition coefficient (Wildman–Crippen LogP) is 2.07. The summed E-state index contributed by atoms with van der Waals surface area (Å²) >= 11 is 0. The van der Waals surface area contributed by atoms with E-state index in [1.54, 1.807) is 4.90 Å². The van der Waals surface area contributed by atoms with E-state index in [-0.39, 0.29) is 24.8 Å². The fourth-order valence-corrected chi connectivity index (χ4v) is 3.52. The number of carbonyl (C=O) groups is 3.